The summed E-state index contributed by atoms with van der Waals surface area (Å²) in [7, 11) is 0. The number of fused-ring (bicyclic) bond motifs is 1. The second-order valence-corrected chi connectivity index (χ2v) is 7.13. The number of rotatable bonds is 5. The summed E-state index contributed by atoms with van der Waals surface area (Å²) in [5.41, 5.74) is 3.99. The number of ether oxygens (including phenoxy) is 1. The molecule has 0 radical (unpaired) electrons. The van der Waals surface area contributed by atoms with Crippen molar-refractivity contribution in [1.29, 1.82) is 5.26 Å². The van der Waals surface area contributed by atoms with Crippen LogP contribution in [0.5, 0.6) is 0 Å². The van der Waals surface area contributed by atoms with E-state index in [0.29, 0.717) is 10.6 Å². The Kier molecular flexibility index (Phi) is 5.28. The van der Waals surface area contributed by atoms with Crippen LogP contribution in [0.3, 0.4) is 0 Å². The molecule has 1 N–H and O–H groups in total. The SMILES string of the molecule is Cc1ccc2c(CC(=O)O[C@H](C)C(=O)Nc3sccc3C#N)coc2c1C. The van der Waals surface area contributed by atoms with Gasteiger partial charge in [0.1, 0.15) is 16.7 Å². The van der Waals surface area contributed by atoms with Crippen molar-refractivity contribution < 1.29 is 18.7 Å². The molecule has 0 saturated heterocycles. The van der Waals surface area contributed by atoms with E-state index in [1.165, 1.54) is 18.3 Å². The fourth-order valence-corrected chi connectivity index (χ4v) is 3.42. The van der Waals surface area contributed by atoms with Gasteiger partial charge in [0.15, 0.2) is 6.10 Å². The summed E-state index contributed by atoms with van der Waals surface area (Å²) >= 11 is 1.24. The third-order valence-corrected chi connectivity index (χ3v) is 5.21. The Morgan fingerprint density at radius 2 is 2.11 bits per heavy atom. The molecule has 7 heteroatoms. The summed E-state index contributed by atoms with van der Waals surface area (Å²) in [6.07, 6.45) is 0.581. The molecule has 2 heterocycles. The van der Waals surface area contributed by atoms with E-state index in [9.17, 15) is 9.59 Å². The van der Waals surface area contributed by atoms with Crippen molar-refractivity contribution in [2.45, 2.75) is 33.3 Å². The lowest BCUT2D eigenvalue weighted by Crippen LogP contribution is -2.30. The number of hydrogen-bond donors (Lipinski definition) is 1. The van der Waals surface area contributed by atoms with Crippen LogP contribution in [0, 0.1) is 25.2 Å². The predicted molar refractivity (Wildman–Crippen MR) is 103 cm³/mol. The zero-order valence-corrected chi connectivity index (χ0v) is 16.0. The maximum atomic E-state index is 12.3. The Labute approximate surface area is 160 Å². The van der Waals surface area contributed by atoms with E-state index >= 15 is 0 Å². The van der Waals surface area contributed by atoms with Gasteiger partial charge in [-0.3, -0.25) is 9.59 Å². The molecule has 0 unspecified atom stereocenters. The van der Waals surface area contributed by atoms with Crippen LogP contribution < -0.4 is 5.32 Å². The first-order chi connectivity index (χ1) is 12.9. The summed E-state index contributed by atoms with van der Waals surface area (Å²) in [6.45, 7) is 5.46. The number of nitriles is 1. The Balaban J connectivity index is 1.65. The zero-order valence-electron chi connectivity index (χ0n) is 15.2. The van der Waals surface area contributed by atoms with Crippen molar-refractivity contribution in [2.75, 3.05) is 5.32 Å². The van der Waals surface area contributed by atoms with Crippen LogP contribution in [-0.2, 0) is 20.7 Å². The van der Waals surface area contributed by atoms with Gasteiger partial charge in [0.25, 0.3) is 5.91 Å². The summed E-state index contributed by atoms with van der Waals surface area (Å²) in [4.78, 5) is 24.5. The van der Waals surface area contributed by atoms with Gasteiger partial charge in [-0.2, -0.15) is 5.26 Å². The minimum atomic E-state index is -0.978. The number of nitrogens with one attached hydrogen (secondary N) is 1. The van der Waals surface area contributed by atoms with Crippen LogP contribution in [0.1, 0.15) is 29.2 Å². The Morgan fingerprint density at radius 1 is 1.33 bits per heavy atom. The average Bonchev–Trinajstić information content (AvgIpc) is 3.25. The Bertz CT molecular complexity index is 1060. The fourth-order valence-electron chi connectivity index (χ4n) is 2.68. The van der Waals surface area contributed by atoms with E-state index in [1.807, 2.05) is 32.0 Å². The topological polar surface area (TPSA) is 92.3 Å². The summed E-state index contributed by atoms with van der Waals surface area (Å²) in [6, 6.07) is 7.50. The highest BCUT2D eigenvalue weighted by Gasteiger charge is 2.21. The molecule has 1 atom stereocenters. The second-order valence-electron chi connectivity index (χ2n) is 6.22. The quantitative estimate of drug-likeness (QED) is 0.671. The molecule has 0 bridgehead atoms. The van der Waals surface area contributed by atoms with Gasteiger partial charge in [-0.25, -0.2) is 0 Å². The number of thiophene rings is 1. The smallest absolute Gasteiger partial charge is 0.311 e. The zero-order chi connectivity index (χ0) is 19.6. The number of esters is 1. The van der Waals surface area contributed by atoms with Crippen molar-refractivity contribution >= 4 is 39.2 Å². The van der Waals surface area contributed by atoms with Crippen LogP contribution >= 0.6 is 11.3 Å². The minimum absolute atomic E-state index is 0.00949. The van der Waals surface area contributed by atoms with Crippen LogP contribution in [0.4, 0.5) is 5.00 Å². The molecule has 0 aliphatic carbocycles. The van der Waals surface area contributed by atoms with Gasteiger partial charge in [0.2, 0.25) is 0 Å². The van der Waals surface area contributed by atoms with Gasteiger partial charge in [0.05, 0.1) is 18.2 Å². The molecule has 0 fully saturated rings. The average molecular weight is 382 g/mol. The van der Waals surface area contributed by atoms with Crippen LogP contribution in [-0.4, -0.2) is 18.0 Å². The third kappa shape index (κ3) is 3.86. The molecular weight excluding hydrogens is 364 g/mol. The van der Waals surface area contributed by atoms with Gasteiger partial charge in [-0.05, 0) is 43.3 Å². The molecule has 27 heavy (non-hydrogen) atoms. The first-order valence-electron chi connectivity index (χ1n) is 8.35. The lowest BCUT2D eigenvalue weighted by Gasteiger charge is -2.12. The first-order valence-corrected chi connectivity index (χ1v) is 9.23. The summed E-state index contributed by atoms with van der Waals surface area (Å²) < 4.78 is 10.8. The van der Waals surface area contributed by atoms with Gasteiger partial charge in [0, 0.05) is 10.9 Å². The molecular formula is C20H18N2O4S. The Morgan fingerprint density at radius 3 is 2.85 bits per heavy atom. The number of aryl methyl sites for hydroxylation is 2. The van der Waals surface area contributed by atoms with Gasteiger partial charge < -0.3 is 14.5 Å². The molecule has 0 spiro atoms. The molecule has 0 aliphatic rings. The van der Waals surface area contributed by atoms with Crippen LogP contribution in [0.15, 0.2) is 34.3 Å². The highest BCUT2D eigenvalue weighted by Crippen LogP contribution is 2.27. The molecule has 6 nitrogen and oxygen atoms in total. The third-order valence-electron chi connectivity index (χ3n) is 4.38. The van der Waals surface area contributed by atoms with Gasteiger partial charge in [-0.15, -0.1) is 11.3 Å². The number of furan rings is 1. The van der Waals surface area contributed by atoms with Crippen molar-refractivity contribution in [3.63, 3.8) is 0 Å². The number of amides is 1. The van der Waals surface area contributed by atoms with E-state index < -0.39 is 18.0 Å². The number of carbonyl (C=O) groups is 2. The molecule has 0 aliphatic heterocycles. The molecule has 1 aromatic carbocycles. The normalized spacial score (nSPS) is 11.8. The molecule has 138 valence electrons. The lowest BCUT2D eigenvalue weighted by molar-refractivity contribution is -0.152. The van der Waals surface area contributed by atoms with Gasteiger partial charge >= 0.3 is 5.97 Å². The first kappa shape index (κ1) is 18.7. The number of carbonyl (C=O) groups excluding carboxylic acids is 2. The van der Waals surface area contributed by atoms with Crippen LogP contribution in [0.25, 0.3) is 11.0 Å². The van der Waals surface area contributed by atoms with E-state index in [1.54, 1.807) is 17.7 Å². The fraction of sp³-hybridized carbons (Fsp3) is 0.250. The molecule has 3 rings (SSSR count). The number of benzene rings is 1. The van der Waals surface area contributed by atoms with Crippen molar-refractivity contribution in [3.8, 4) is 6.07 Å². The predicted octanol–water partition coefficient (Wildman–Crippen LogP) is 4.10. The second kappa shape index (κ2) is 7.64. The highest BCUT2D eigenvalue weighted by molar-refractivity contribution is 7.14. The number of nitrogens with zero attached hydrogens (tertiary/aromatic N) is 1. The van der Waals surface area contributed by atoms with Crippen molar-refractivity contribution in [3.05, 3.63) is 52.1 Å². The van der Waals surface area contributed by atoms with Crippen LogP contribution in [0.2, 0.25) is 0 Å². The maximum Gasteiger partial charge on any atom is 0.311 e. The van der Waals surface area contributed by atoms with Crippen molar-refractivity contribution in [1.82, 2.24) is 0 Å². The lowest BCUT2D eigenvalue weighted by atomic mass is 10.0. The molecule has 2 aromatic heterocycles. The highest BCUT2D eigenvalue weighted by atomic mass is 32.1. The molecule has 1 amide bonds. The van der Waals surface area contributed by atoms with E-state index in [-0.39, 0.29) is 6.42 Å². The minimum Gasteiger partial charge on any atom is -0.464 e. The number of hydrogen-bond acceptors (Lipinski definition) is 6. The largest absolute Gasteiger partial charge is 0.464 e. The summed E-state index contributed by atoms with van der Waals surface area (Å²) in [5, 5.41) is 14.6. The molecule has 3 aromatic rings. The standard InChI is InChI=1S/C20H18N2O4S/c1-11-4-5-16-15(10-25-18(16)12(11)2)8-17(23)26-13(3)19(24)22-20-14(9-21)6-7-27-20/h4-7,10,13H,8H2,1-3H3,(H,22,24)/t13-/m1/s1. The van der Waals surface area contributed by atoms with E-state index in [4.69, 9.17) is 14.4 Å². The van der Waals surface area contributed by atoms with Crippen molar-refractivity contribution in [2.24, 2.45) is 0 Å². The Hall–Kier alpha value is -3.11. The van der Waals surface area contributed by atoms with E-state index in [2.05, 4.69) is 5.32 Å². The molecule has 0 saturated carbocycles. The monoisotopic (exact) mass is 382 g/mol. The van der Waals surface area contributed by atoms with Gasteiger partial charge in [-0.1, -0.05) is 12.1 Å². The van der Waals surface area contributed by atoms with E-state index in [0.717, 1.165) is 27.7 Å². The number of anilines is 1. The maximum absolute atomic E-state index is 12.3. The summed E-state index contributed by atoms with van der Waals surface area (Å²) in [5.74, 6) is -1.00.